The molecule has 1 rings (SSSR count). The van der Waals surface area contributed by atoms with E-state index in [1.807, 2.05) is 24.1 Å². The van der Waals surface area contributed by atoms with Crippen LogP contribution < -0.4 is 5.32 Å². The average molecular weight is 246 g/mol. The molecule has 1 unspecified atom stereocenters. The van der Waals surface area contributed by atoms with Gasteiger partial charge in [0.2, 0.25) is 0 Å². The number of halogens is 1. The first-order valence-electron chi connectivity index (χ1n) is 5.53. The molecule has 0 amide bonds. The van der Waals surface area contributed by atoms with Crippen molar-refractivity contribution in [1.82, 2.24) is 15.1 Å². The highest BCUT2D eigenvalue weighted by molar-refractivity contribution is 6.20. The number of ether oxygens (including phenoxy) is 1. The molecule has 0 radical (unpaired) electrons. The van der Waals surface area contributed by atoms with Gasteiger partial charge in [-0.1, -0.05) is 0 Å². The second-order valence-electron chi connectivity index (χ2n) is 3.86. The summed E-state index contributed by atoms with van der Waals surface area (Å²) in [7, 11) is 3.60. The van der Waals surface area contributed by atoms with E-state index in [1.54, 1.807) is 7.11 Å². The average Bonchev–Trinajstić information content (AvgIpc) is 2.64. The van der Waals surface area contributed by atoms with Crippen molar-refractivity contribution in [3.63, 3.8) is 0 Å². The highest BCUT2D eigenvalue weighted by Crippen LogP contribution is 2.01. The van der Waals surface area contributed by atoms with Crippen LogP contribution >= 0.6 is 11.6 Å². The van der Waals surface area contributed by atoms with Crippen LogP contribution in [0.25, 0.3) is 0 Å². The molecule has 0 aliphatic rings. The number of nitrogens with zero attached hydrogens (tertiary/aromatic N) is 2. The lowest BCUT2D eigenvalue weighted by Gasteiger charge is -2.08. The van der Waals surface area contributed by atoms with Crippen molar-refractivity contribution in [2.45, 2.75) is 18.2 Å². The first kappa shape index (κ1) is 13.5. The zero-order valence-corrected chi connectivity index (χ0v) is 10.7. The van der Waals surface area contributed by atoms with Crippen LogP contribution in [-0.2, 0) is 18.2 Å². The highest BCUT2D eigenvalue weighted by atomic mass is 35.5. The van der Waals surface area contributed by atoms with E-state index in [-0.39, 0.29) is 5.38 Å². The van der Waals surface area contributed by atoms with E-state index in [0.717, 1.165) is 25.9 Å². The van der Waals surface area contributed by atoms with Crippen LogP contribution in [0.2, 0.25) is 0 Å². The first-order valence-corrected chi connectivity index (χ1v) is 5.97. The summed E-state index contributed by atoms with van der Waals surface area (Å²) in [5, 5.41) is 7.58. The van der Waals surface area contributed by atoms with Gasteiger partial charge in [0.1, 0.15) is 0 Å². The van der Waals surface area contributed by atoms with Gasteiger partial charge in [-0.05, 0) is 31.5 Å². The fourth-order valence-electron chi connectivity index (χ4n) is 1.48. The molecule has 1 heterocycles. The molecule has 1 aromatic heterocycles. The number of nitrogens with one attached hydrogen (secondary N) is 1. The third-order valence-corrected chi connectivity index (χ3v) is 2.67. The molecule has 0 aromatic carbocycles. The Morgan fingerprint density at radius 1 is 1.56 bits per heavy atom. The lowest BCUT2D eigenvalue weighted by molar-refractivity contribution is 0.195. The molecule has 0 saturated carbocycles. The maximum absolute atomic E-state index is 6.00. The highest BCUT2D eigenvalue weighted by Gasteiger charge is 2.02. The lowest BCUT2D eigenvalue weighted by Crippen LogP contribution is -2.22. The Bertz CT molecular complexity index is 291. The number of alkyl halides is 1. The number of aromatic nitrogens is 2. The van der Waals surface area contributed by atoms with Gasteiger partial charge in [-0.2, -0.15) is 5.10 Å². The van der Waals surface area contributed by atoms with Crippen molar-refractivity contribution in [1.29, 1.82) is 0 Å². The molecule has 92 valence electrons. The molecule has 0 saturated heterocycles. The van der Waals surface area contributed by atoms with Gasteiger partial charge in [0.05, 0.1) is 18.2 Å². The second kappa shape index (κ2) is 7.65. The Kier molecular flexibility index (Phi) is 6.45. The first-order chi connectivity index (χ1) is 7.72. The summed E-state index contributed by atoms with van der Waals surface area (Å²) in [4.78, 5) is 0. The predicted octanol–water partition coefficient (Wildman–Crippen LogP) is 1.20. The van der Waals surface area contributed by atoms with E-state index in [4.69, 9.17) is 16.3 Å². The predicted molar refractivity (Wildman–Crippen MR) is 65.9 cm³/mol. The van der Waals surface area contributed by atoms with E-state index in [1.165, 1.54) is 5.56 Å². The van der Waals surface area contributed by atoms with Gasteiger partial charge in [0, 0.05) is 20.4 Å². The summed E-state index contributed by atoms with van der Waals surface area (Å²) in [6, 6.07) is 0. The minimum Gasteiger partial charge on any atom is -0.383 e. The number of hydrogen-bond acceptors (Lipinski definition) is 3. The fourth-order valence-corrected chi connectivity index (χ4v) is 1.72. The Hall–Kier alpha value is -0.580. The van der Waals surface area contributed by atoms with E-state index in [9.17, 15) is 0 Å². The fraction of sp³-hybridized carbons (Fsp3) is 0.727. The van der Waals surface area contributed by atoms with Crippen LogP contribution in [0.3, 0.4) is 0 Å². The summed E-state index contributed by atoms with van der Waals surface area (Å²) >= 11 is 6.00. The normalized spacial score (nSPS) is 12.9. The summed E-state index contributed by atoms with van der Waals surface area (Å²) in [6.45, 7) is 2.51. The molecule has 16 heavy (non-hydrogen) atoms. The van der Waals surface area contributed by atoms with Crippen molar-refractivity contribution in [2.24, 2.45) is 7.05 Å². The minimum atomic E-state index is 0.107. The quantitative estimate of drug-likeness (QED) is 0.553. The molecular weight excluding hydrogens is 226 g/mol. The Morgan fingerprint density at radius 2 is 2.38 bits per heavy atom. The van der Waals surface area contributed by atoms with Gasteiger partial charge in [0.15, 0.2) is 0 Å². The van der Waals surface area contributed by atoms with E-state index in [2.05, 4.69) is 10.4 Å². The van der Waals surface area contributed by atoms with Crippen LogP contribution in [0.15, 0.2) is 12.4 Å². The Morgan fingerprint density at radius 3 is 3.00 bits per heavy atom. The van der Waals surface area contributed by atoms with Crippen molar-refractivity contribution < 1.29 is 4.74 Å². The van der Waals surface area contributed by atoms with Gasteiger partial charge in [-0.25, -0.2) is 0 Å². The van der Waals surface area contributed by atoms with E-state index >= 15 is 0 Å². The van der Waals surface area contributed by atoms with Crippen molar-refractivity contribution >= 4 is 11.6 Å². The van der Waals surface area contributed by atoms with Crippen LogP contribution in [0.1, 0.15) is 12.0 Å². The number of hydrogen-bond donors (Lipinski definition) is 1. The van der Waals surface area contributed by atoms with Crippen molar-refractivity contribution in [3.8, 4) is 0 Å². The zero-order chi connectivity index (χ0) is 11.8. The molecule has 0 aliphatic heterocycles. The number of methoxy groups -OCH3 is 1. The maximum Gasteiger partial charge on any atom is 0.0626 e. The molecule has 5 heteroatoms. The maximum atomic E-state index is 6.00. The molecule has 1 N–H and O–H groups in total. The third kappa shape index (κ3) is 5.49. The second-order valence-corrected chi connectivity index (χ2v) is 4.48. The van der Waals surface area contributed by atoms with Crippen LogP contribution in [0.5, 0.6) is 0 Å². The van der Waals surface area contributed by atoms with Crippen molar-refractivity contribution in [2.75, 3.05) is 26.8 Å². The molecular formula is C11H20ClN3O. The summed E-state index contributed by atoms with van der Waals surface area (Å²) in [5.41, 5.74) is 1.26. The van der Waals surface area contributed by atoms with Gasteiger partial charge >= 0.3 is 0 Å². The van der Waals surface area contributed by atoms with Crippen LogP contribution in [0.4, 0.5) is 0 Å². The minimum absolute atomic E-state index is 0.107. The number of aryl methyl sites for hydroxylation is 1. The summed E-state index contributed by atoms with van der Waals surface area (Å²) < 4.78 is 6.78. The number of rotatable bonds is 8. The molecule has 1 aromatic rings. The smallest absolute Gasteiger partial charge is 0.0626 e. The van der Waals surface area contributed by atoms with Crippen molar-refractivity contribution in [3.05, 3.63) is 18.0 Å². The van der Waals surface area contributed by atoms with Gasteiger partial charge in [-0.3, -0.25) is 4.68 Å². The molecule has 0 aliphatic carbocycles. The standard InChI is InChI=1S/C11H20ClN3O/c1-15-8-10(7-14-15)3-5-13-6-4-11(12)9-16-2/h7-8,11,13H,3-6,9H2,1-2H3. The summed E-state index contributed by atoms with van der Waals surface area (Å²) in [5.74, 6) is 0. The Balaban J connectivity index is 2.00. The van der Waals surface area contributed by atoms with Gasteiger partial charge in [-0.15, -0.1) is 11.6 Å². The van der Waals surface area contributed by atoms with Crippen LogP contribution in [-0.4, -0.2) is 42.0 Å². The monoisotopic (exact) mass is 245 g/mol. The van der Waals surface area contributed by atoms with Crippen LogP contribution in [0, 0.1) is 0 Å². The van der Waals surface area contributed by atoms with Gasteiger partial charge < -0.3 is 10.1 Å². The molecule has 0 fully saturated rings. The lowest BCUT2D eigenvalue weighted by atomic mass is 10.2. The Labute approximate surface area is 102 Å². The largest absolute Gasteiger partial charge is 0.383 e. The molecule has 1 atom stereocenters. The third-order valence-electron chi connectivity index (χ3n) is 2.33. The molecule has 0 bridgehead atoms. The van der Waals surface area contributed by atoms with E-state index in [0.29, 0.717) is 6.61 Å². The molecule has 4 nitrogen and oxygen atoms in total. The topological polar surface area (TPSA) is 39.1 Å². The van der Waals surface area contributed by atoms with E-state index < -0.39 is 0 Å². The SMILES string of the molecule is COCC(Cl)CCNCCc1cnn(C)c1. The molecule has 0 spiro atoms. The van der Waals surface area contributed by atoms with Gasteiger partial charge in [0.25, 0.3) is 0 Å². The zero-order valence-electron chi connectivity index (χ0n) is 9.95. The summed E-state index contributed by atoms with van der Waals surface area (Å²) in [6.07, 6.45) is 5.88.